The van der Waals surface area contributed by atoms with E-state index in [2.05, 4.69) is 50.1 Å². The minimum Gasteiger partial charge on any atom is -0.338 e. The summed E-state index contributed by atoms with van der Waals surface area (Å²) in [7, 11) is 0. The first-order chi connectivity index (χ1) is 9.40. The van der Waals surface area contributed by atoms with Crippen LogP contribution in [0.5, 0.6) is 0 Å². The van der Waals surface area contributed by atoms with Gasteiger partial charge in [0.25, 0.3) is 0 Å². The Balaban J connectivity index is 1.89. The summed E-state index contributed by atoms with van der Waals surface area (Å²) in [5.41, 5.74) is -0.0549. The van der Waals surface area contributed by atoms with Crippen LogP contribution in [0, 0.1) is 5.92 Å². The lowest BCUT2D eigenvalue weighted by Crippen LogP contribution is -2.35. The minimum absolute atomic E-state index is 0.0549. The molecule has 1 unspecified atom stereocenters. The predicted octanol–water partition coefficient (Wildman–Crippen LogP) is 3.99. The van der Waals surface area contributed by atoms with E-state index in [1.165, 1.54) is 32.1 Å². The highest BCUT2D eigenvalue weighted by atomic mass is 16.5. The normalized spacial score (nSPS) is 25.6. The number of nitrogens with zero attached hydrogens (tertiary/aromatic N) is 2. The highest BCUT2D eigenvalue weighted by Gasteiger charge is 2.26. The van der Waals surface area contributed by atoms with Crippen molar-refractivity contribution in [3.63, 3.8) is 0 Å². The summed E-state index contributed by atoms with van der Waals surface area (Å²) < 4.78 is 5.41. The topological polar surface area (TPSA) is 51.0 Å². The van der Waals surface area contributed by atoms with Gasteiger partial charge >= 0.3 is 0 Å². The Kier molecular flexibility index (Phi) is 4.84. The van der Waals surface area contributed by atoms with Crippen molar-refractivity contribution in [1.82, 2.24) is 15.5 Å². The lowest BCUT2D eigenvalue weighted by molar-refractivity contribution is 0.253. The summed E-state index contributed by atoms with van der Waals surface area (Å²) >= 11 is 0. The van der Waals surface area contributed by atoms with Crippen molar-refractivity contribution in [2.45, 2.75) is 84.2 Å². The molecule has 1 N–H and O–H groups in total. The van der Waals surface area contributed by atoms with E-state index in [1.807, 2.05) is 0 Å². The maximum atomic E-state index is 5.41. The van der Waals surface area contributed by atoms with Gasteiger partial charge < -0.3 is 9.84 Å². The Morgan fingerprint density at radius 3 is 2.40 bits per heavy atom. The molecule has 114 valence electrons. The van der Waals surface area contributed by atoms with Crippen LogP contribution in [-0.2, 0) is 5.41 Å². The van der Waals surface area contributed by atoms with Crippen LogP contribution in [0.3, 0.4) is 0 Å². The summed E-state index contributed by atoms with van der Waals surface area (Å²) in [6.45, 7) is 10.7. The van der Waals surface area contributed by atoms with Crippen molar-refractivity contribution in [2.75, 3.05) is 0 Å². The Morgan fingerprint density at radius 1 is 1.25 bits per heavy atom. The smallest absolute Gasteiger partial charge is 0.243 e. The van der Waals surface area contributed by atoms with Gasteiger partial charge in [0.1, 0.15) is 0 Å². The zero-order valence-corrected chi connectivity index (χ0v) is 13.6. The van der Waals surface area contributed by atoms with Gasteiger partial charge in [0.05, 0.1) is 6.04 Å². The zero-order chi connectivity index (χ0) is 14.8. The van der Waals surface area contributed by atoms with E-state index in [1.54, 1.807) is 0 Å². The number of aromatic nitrogens is 2. The molecule has 20 heavy (non-hydrogen) atoms. The molecule has 0 aliphatic heterocycles. The molecule has 2 rings (SSSR count). The maximum Gasteiger partial charge on any atom is 0.243 e. The maximum absolute atomic E-state index is 5.41. The van der Waals surface area contributed by atoms with Crippen molar-refractivity contribution in [3.8, 4) is 0 Å². The molecule has 1 aliphatic rings. The molecule has 1 heterocycles. The van der Waals surface area contributed by atoms with Crippen LogP contribution in [-0.4, -0.2) is 16.2 Å². The van der Waals surface area contributed by atoms with Gasteiger partial charge in [-0.25, -0.2) is 0 Å². The number of hydrogen-bond donors (Lipinski definition) is 1. The molecule has 1 saturated carbocycles. The number of nitrogens with one attached hydrogen (secondary N) is 1. The molecule has 0 spiro atoms. The number of rotatable bonds is 4. The fourth-order valence-corrected chi connectivity index (χ4v) is 2.88. The van der Waals surface area contributed by atoms with E-state index in [0.717, 1.165) is 11.7 Å². The third kappa shape index (κ3) is 3.81. The molecule has 0 amide bonds. The molecule has 1 aliphatic carbocycles. The summed E-state index contributed by atoms with van der Waals surface area (Å²) in [5.74, 6) is 2.43. The largest absolute Gasteiger partial charge is 0.338 e. The molecule has 0 bridgehead atoms. The fraction of sp³-hybridized carbons (Fsp3) is 0.875. The predicted molar refractivity (Wildman–Crippen MR) is 80.6 cm³/mol. The van der Waals surface area contributed by atoms with Gasteiger partial charge in [-0.05, 0) is 38.5 Å². The molecular weight excluding hydrogens is 250 g/mol. The van der Waals surface area contributed by atoms with E-state index in [4.69, 9.17) is 4.52 Å². The first kappa shape index (κ1) is 15.5. The van der Waals surface area contributed by atoms with Crippen molar-refractivity contribution >= 4 is 0 Å². The summed E-state index contributed by atoms with van der Waals surface area (Å²) in [5, 5.41) is 7.75. The molecule has 0 aromatic carbocycles. The molecule has 1 atom stereocenters. The SMILES string of the molecule is CCC1CCC(NC(C)c2nc(C(C)(C)C)no2)CC1. The van der Waals surface area contributed by atoms with Gasteiger partial charge in [0, 0.05) is 11.5 Å². The Bertz CT molecular complexity index is 414. The molecule has 0 saturated heterocycles. The second kappa shape index (κ2) is 6.25. The van der Waals surface area contributed by atoms with E-state index in [0.29, 0.717) is 11.9 Å². The first-order valence-corrected chi connectivity index (χ1v) is 8.00. The third-order valence-corrected chi connectivity index (χ3v) is 4.39. The van der Waals surface area contributed by atoms with Crippen molar-refractivity contribution in [1.29, 1.82) is 0 Å². The van der Waals surface area contributed by atoms with Crippen molar-refractivity contribution < 1.29 is 4.52 Å². The Morgan fingerprint density at radius 2 is 1.90 bits per heavy atom. The summed E-state index contributed by atoms with van der Waals surface area (Å²) in [6, 6.07) is 0.736. The molecule has 1 aromatic heterocycles. The molecule has 1 fully saturated rings. The van der Waals surface area contributed by atoms with Crippen LogP contribution >= 0.6 is 0 Å². The van der Waals surface area contributed by atoms with Crippen molar-refractivity contribution in [2.24, 2.45) is 5.92 Å². The van der Waals surface area contributed by atoms with E-state index >= 15 is 0 Å². The monoisotopic (exact) mass is 279 g/mol. The van der Waals surface area contributed by atoms with Gasteiger partial charge in [-0.1, -0.05) is 39.3 Å². The van der Waals surface area contributed by atoms with E-state index < -0.39 is 0 Å². The molecule has 1 aromatic rings. The standard InChI is InChI=1S/C16H29N3O/c1-6-12-7-9-13(10-8-12)17-11(2)14-18-15(19-20-14)16(3,4)5/h11-13,17H,6-10H2,1-5H3. The lowest BCUT2D eigenvalue weighted by atomic mass is 9.84. The fourth-order valence-electron chi connectivity index (χ4n) is 2.88. The second-order valence-corrected chi connectivity index (χ2v) is 7.22. The van der Waals surface area contributed by atoms with Crippen LogP contribution in [0.25, 0.3) is 0 Å². The van der Waals surface area contributed by atoms with Crippen LogP contribution in [0.15, 0.2) is 4.52 Å². The van der Waals surface area contributed by atoms with Crippen LogP contribution < -0.4 is 5.32 Å². The van der Waals surface area contributed by atoms with Gasteiger partial charge in [0.15, 0.2) is 5.82 Å². The third-order valence-electron chi connectivity index (χ3n) is 4.39. The van der Waals surface area contributed by atoms with E-state index in [-0.39, 0.29) is 11.5 Å². The van der Waals surface area contributed by atoms with Crippen molar-refractivity contribution in [3.05, 3.63) is 11.7 Å². The first-order valence-electron chi connectivity index (χ1n) is 8.00. The molecular formula is C16H29N3O. The van der Waals surface area contributed by atoms with E-state index in [9.17, 15) is 0 Å². The van der Waals surface area contributed by atoms with Gasteiger partial charge in [0.2, 0.25) is 5.89 Å². The summed E-state index contributed by atoms with van der Waals surface area (Å²) in [6.07, 6.45) is 6.54. The minimum atomic E-state index is -0.0549. The quantitative estimate of drug-likeness (QED) is 0.905. The second-order valence-electron chi connectivity index (χ2n) is 7.22. The van der Waals surface area contributed by atoms with Gasteiger partial charge in [-0.15, -0.1) is 0 Å². The average Bonchev–Trinajstić information content (AvgIpc) is 2.89. The zero-order valence-electron chi connectivity index (χ0n) is 13.6. The lowest BCUT2D eigenvalue weighted by Gasteiger charge is -2.29. The van der Waals surface area contributed by atoms with Gasteiger partial charge in [-0.3, -0.25) is 0 Å². The van der Waals surface area contributed by atoms with Crippen LogP contribution in [0.1, 0.15) is 84.5 Å². The Labute approximate surface area is 122 Å². The Hall–Kier alpha value is -0.900. The summed E-state index contributed by atoms with van der Waals surface area (Å²) in [4.78, 5) is 4.54. The highest BCUT2D eigenvalue weighted by molar-refractivity contribution is 5.02. The molecule has 0 radical (unpaired) electrons. The average molecular weight is 279 g/mol. The highest BCUT2D eigenvalue weighted by Crippen LogP contribution is 2.28. The van der Waals surface area contributed by atoms with Crippen LogP contribution in [0.2, 0.25) is 0 Å². The molecule has 4 heteroatoms. The number of hydrogen-bond acceptors (Lipinski definition) is 4. The van der Waals surface area contributed by atoms with Crippen LogP contribution in [0.4, 0.5) is 0 Å². The molecule has 4 nitrogen and oxygen atoms in total. The van der Waals surface area contributed by atoms with Gasteiger partial charge in [-0.2, -0.15) is 4.98 Å².